The number of amides is 1. The van der Waals surface area contributed by atoms with Gasteiger partial charge in [0.2, 0.25) is 0 Å². The van der Waals surface area contributed by atoms with Crippen LogP contribution in [0.4, 0.5) is 0 Å². The molecule has 5 heteroatoms. The Labute approximate surface area is 176 Å². The molecule has 5 nitrogen and oxygen atoms in total. The Bertz CT molecular complexity index is 1030. The first-order valence-electron chi connectivity index (χ1n) is 10.2. The number of carbonyl (C=O) groups is 2. The summed E-state index contributed by atoms with van der Waals surface area (Å²) >= 11 is 0. The molecule has 0 heterocycles. The van der Waals surface area contributed by atoms with E-state index in [4.69, 9.17) is 10.8 Å². The highest BCUT2D eigenvalue weighted by Gasteiger charge is 2.18. The number of carboxylic acids is 1. The highest BCUT2D eigenvalue weighted by Crippen LogP contribution is 2.27. The van der Waals surface area contributed by atoms with Crippen LogP contribution in [0.5, 0.6) is 0 Å². The topological polar surface area (TPSA) is 92.4 Å². The molecule has 30 heavy (non-hydrogen) atoms. The van der Waals surface area contributed by atoms with Crippen LogP contribution in [0.25, 0.3) is 10.8 Å². The molecule has 0 aliphatic rings. The number of benzene rings is 3. The summed E-state index contributed by atoms with van der Waals surface area (Å²) in [5.41, 5.74) is 8.11. The molecule has 0 aliphatic heterocycles. The summed E-state index contributed by atoms with van der Waals surface area (Å²) in [7, 11) is 0. The van der Waals surface area contributed by atoms with Crippen molar-refractivity contribution < 1.29 is 14.7 Å². The normalized spacial score (nSPS) is 13.2. The number of nitrogens with two attached hydrogens (primary N) is 1. The van der Waals surface area contributed by atoms with E-state index < -0.39 is 12.0 Å². The van der Waals surface area contributed by atoms with Crippen LogP contribution in [-0.4, -0.2) is 29.6 Å². The van der Waals surface area contributed by atoms with Crippen molar-refractivity contribution in [2.24, 2.45) is 11.7 Å². The van der Waals surface area contributed by atoms with Gasteiger partial charge in [-0.25, -0.2) is 0 Å². The number of nitrogens with one attached hydrogen (secondary N) is 1. The predicted octanol–water partition coefficient (Wildman–Crippen LogP) is 3.96. The van der Waals surface area contributed by atoms with E-state index in [1.54, 1.807) is 24.3 Å². The van der Waals surface area contributed by atoms with E-state index in [2.05, 4.69) is 49.5 Å². The zero-order valence-corrected chi connectivity index (χ0v) is 17.3. The SMILES string of the molecule is CC(C)C(CNC(=O)c1ccc(CC(N)C(=O)O)cc1)c1ccc2ccccc2c1. The van der Waals surface area contributed by atoms with Crippen molar-refractivity contribution in [2.45, 2.75) is 32.2 Å². The van der Waals surface area contributed by atoms with Crippen molar-refractivity contribution in [3.8, 4) is 0 Å². The van der Waals surface area contributed by atoms with Crippen LogP contribution in [-0.2, 0) is 11.2 Å². The Morgan fingerprint density at radius 2 is 1.63 bits per heavy atom. The highest BCUT2D eigenvalue weighted by atomic mass is 16.4. The van der Waals surface area contributed by atoms with Gasteiger partial charge in [-0.15, -0.1) is 0 Å². The molecule has 1 amide bonds. The van der Waals surface area contributed by atoms with Crippen LogP contribution in [0, 0.1) is 5.92 Å². The summed E-state index contributed by atoms with van der Waals surface area (Å²) in [5, 5.41) is 14.4. The number of rotatable bonds is 8. The van der Waals surface area contributed by atoms with E-state index in [0.717, 1.165) is 5.56 Å². The molecule has 156 valence electrons. The average molecular weight is 405 g/mol. The summed E-state index contributed by atoms with van der Waals surface area (Å²) in [6.07, 6.45) is 0.231. The molecule has 0 spiro atoms. The lowest BCUT2D eigenvalue weighted by molar-refractivity contribution is -0.138. The number of hydrogen-bond donors (Lipinski definition) is 3. The smallest absolute Gasteiger partial charge is 0.320 e. The Morgan fingerprint density at radius 3 is 2.27 bits per heavy atom. The molecule has 0 fully saturated rings. The van der Waals surface area contributed by atoms with Gasteiger partial charge in [-0.05, 0) is 46.4 Å². The second-order valence-electron chi connectivity index (χ2n) is 8.01. The summed E-state index contributed by atoms with van der Waals surface area (Å²) in [6.45, 7) is 4.86. The van der Waals surface area contributed by atoms with E-state index in [1.165, 1.54) is 16.3 Å². The van der Waals surface area contributed by atoms with Crippen LogP contribution < -0.4 is 11.1 Å². The zero-order valence-electron chi connectivity index (χ0n) is 17.3. The van der Waals surface area contributed by atoms with Crippen molar-refractivity contribution in [1.29, 1.82) is 0 Å². The third-order valence-corrected chi connectivity index (χ3v) is 5.48. The maximum Gasteiger partial charge on any atom is 0.320 e. The Hall–Kier alpha value is -3.18. The molecule has 3 rings (SSSR count). The van der Waals surface area contributed by atoms with Crippen molar-refractivity contribution in [3.63, 3.8) is 0 Å². The lowest BCUT2D eigenvalue weighted by Crippen LogP contribution is -2.32. The second kappa shape index (κ2) is 9.55. The quantitative estimate of drug-likeness (QED) is 0.530. The minimum absolute atomic E-state index is 0.143. The molecule has 4 N–H and O–H groups in total. The molecule has 0 saturated carbocycles. The first-order valence-corrected chi connectivity index (χ1v) is 10.2. The Kier molecular flexibility index (Phi) is 6.85. The largest absolute Gasteiger partial charge is 0.480 e. The van der Waals surface area contributed by atoms with Gasteiger partial charge in [0.05, 0.1) is 0 Å². The van der Waals surface area contributed by atoms with Gasteiger partial charge >= 0.3 is 5.97 Å². The van der Waals surface area contributed by atoms with Gasteiger partial charge in [-0.2, -0.15) is 0 Å². The number of fused-ring (bicyclic) bond motifs is 1. The maximum absolute atomic E-state index is 12.6. The molecule has 3 aromatic rings. The molecule has 0 bridgehead atoms. The second-order valence-corrected chi connectivity index (χ2v) is 8.01. The third kappa shape index (κ3) is 5.24. The highest BCUT2D eigenvalue weighted by molar-refractivity contribution is 5.94. The molecule has 2 atom stereocenters. The van der Waals surface area contributed by atoms with E-state index in [1.807, 2.05) is 12.1 Å². The van der Waals surface area contributed by atoms with Crippen LogP contribution in [0.1, 0.15) is 41.3 Å². The number of carboxylic acid groups (broad SMARTS) is 1. The average Bonchev–Trinajstić information content (AvgIpc) is 2.73. The van der Waals surface area contributed by atoms with Crippen LogP contribution in [0.2, 0.25) is 0 Å². The van der Waals surface area contributed by atoms with Crippen LogP contribution >= 0.6 is 0 Å². The minimum atomic E-state index is -1.04. The molecule has 2 unspecified atom stereocenters. The minimum Gasteiger partial charge on any atom is -0.480 e. The molecule has 0 radical (unpaired) electrons. The van der Waals surface area contributed by atoms with Gasteiger partial charge in [-0.1, -0.05) is 68.4 Å². The van der Waals surface area contributed by atoms with E-state index in [0.29, 0.717) is 18.0 Å². The fourth-order valence-corrected chi connectivity index (χ4v) is 3.62. The van der Waals surface area contributed by atoms with Gasteiger partial charge in [0.1, 0.15) is 6.04 Å². The molecule has 3 aromatic carbocycles. The van der Waals surface area contributed by atoms with E-state index >= 15 is 0 Å². The van der Waals surface area contributed by atoms with Gasteiger partial charge in [0, 0.05) is 18.0 Å². The van der Waals surface area contributed by atoms with Crippen molar-refractivity contribution in [1.82, 2.24) is 5.32 Å². The molecular formula is C25H28N2O3. The Balaban J connectivity index is 1.67. The van der Waals surface area contributed by atoms with Crippen molar-refractivity contribution in [3.05, 3.63) is 83.4 Å². The molecule has 0 aromatic heterocycles. The predicted molar refractivity (Wildman–Crippen MR) is 120 cm³/mol. The van der Waals surface area contributed by atoms with E-state index in [9.17, 15) is 9.59 Å². The fourth-order valence-electron chi connectivity index (χ4n) is 3.62. The number of carbonyl (C=O) groups excluding carboxylic acids is 1. The van der Waals surface area contributed by atoms with Gasteiger partial charge < -0.3 is 16.2 Å². The van der Waals surface area contributed by atoms with Crippen molar-refractivity contribution >= 4 is 22.6 Å². The summed E-state index contributed by atoms with van der Waals surface area (Å²) < 4.78 is 0. The summed E-state index contributed by atoms with van der Waals surface area (Å²) in [5.74, 6) is -0.613. The molecular weight excluding hydrogens is 376 g/mol. The van der Waals surface area contributed by atoms with E-state index in [-0.39, 0.29) is 18.2 Å². The lowest BCUT2D eigenvalue weighted by Gasteiger charge is -2.22. The first kappa shape index (κ1) is 21.5. The monoisotopic (exact) mass is 404 g/mol. The van der Waals surface area contributed by atoms with Gasteiger partial charge in [0.15, 0.2) is 0 Å². The molecule has 0 saturated heterocycles. The third-order valence-electron chi connectivity index (χ3n) is 5.48. The van der Waals surface area contributed by atoms with Gasteiger partial charge in [0.25, 0.3) is 5.91 Å². The summed E-state index contributed by atoms with van der Waals surface area (Å²) in [4.78, 5) is 23.5. The first-order chi connectivity index (χ1) is 14.3. The zero-order chi connectivity index (χ0) is 21.7. The van der Waals surface area contributed by atoms with Crippen molar-refractivity contribution in [2.75, 3.05) is 6.54 Å². The van der Waals surface area contributed by atoms with Gasteiger partial charge in [-0.3, -0.25) is 9.59 Å². The molecule has 0 aliphatic carbocycles. The van der Waals surface area contributed by atoms with Crippen LogP contribution in [0.3, 0.4) is 0 Å². The maximum atomic E-state index is 12.6. The lowest BCUT2D eigenvalue weighted by atomic mass is 9.87. The fraction of sp³-hybridized carbons (Fsp3) is 0.280. The van der Waals surface area contributed by atoms with Crippen LogP contribution in [0.15, 0.2) is 66.7 Å². The standard InChI is InChI=1S/C25H28N2O3/c1-16(2)22(21-12-11-18-5-3-4-6-20(18)14-21)15-27-24(28)19-9-7-17(8-10-19)13-23(26)25(29)30/h3-12,14,16,22-23H,13,15,26H2,1-2H3,(H,27,28)(H,29,30). The summed E-state index contributed by atoms with van der Waals surface area (Å²) in [6, 6.07) is 20.7. The number of hydrogen-bond acceptors (Lipinski definition) is 3. The number of aliphatic carboxylic acids is 1. The Morgan fingerprint density at radius 1 is 0.967 bits per heavy atom.